The molecule has 1 amide bonds. The first-order chi connectivity index (χ1) is 11.1. The van der Waals surface area contributed by atoms with Gasteiger partial charge in [0.05, 0.1) is 6.61 Å². The van der Waals surface area contributed by atoms with Crippen molar-refractivity contribution in [1.82, 2.24) is 9.88 Å². The third kappa shape index (κ3) is 4.39. The summed E-state index contributed by atoms with van der Waals surface area (Å²) < 4.78 is 5.06. The van der Waals surface area contributed by atoms with Crippen molar-refractivity contribution in [1.29, 1.82) is 0 Å². The first kappa shape index (κ1) is 16.7. The highest BCUT2D eigenvalue weighted by Gasteiger charge is 2.28. The Balaban J connectivity index is 2.27. The fourth-order valence-electron chi connectivity index (χ4n) is 2.19. The number of ether oxygens (including phenoxy) is 1. The molecule has 0 aliphatic carbocycles. The first-order valence-corrected chi connectivity index (χ1v) is 7.56. The summed E-state index contributed by atoms with van der Waals surface area (Å²) in [7, 11) is 0. The fraction of sp³-hybridized carbons (Fsp3) is 0.278. The molecule has 5 nitrogen and oxygen atoms in total. The van der Waals surface area contributed by atoms with Crippen molar-refractivity contribution in [2.45, 2.75) is 26.4 Å². The van der Waals surface area contributed by atoms with Crippen LogP contribution in [0.1, 0.15) is 29.9 Å². The van der Waals surface area contributed by atoms with Crippen molar-refractivity contribution in [3.63, 3.8) is 0 Å². The van der Waals surface area contributed by atoms with Gasteiger partial charge in [-0.05, 0) is 31.5 Å². The maximum absolute atomic E-state index is 12.8. The van der Waals surface area contributed by atoms with E-state index in [1.54, 1.807) is 38.2 Å². The Morgan fingerprint density at radius 3 is 2.43 bits per heavy atom. The van der Waals surface area contributed by atoms with Gasteiger partial charge in [0.2, 0.25) is 0 Å². The second-order valence-electron chi connectivity index (χ2n) is 5.06. The van der Waals surface area contributed by atoms with E-state index in [9.17, 15) is 9.59 Å². The maximum atomic E-state index is 12.8. The summed E-state index contributed by atoms with van der Waals surface area (Å²) in [5, 5.41) is 0. The van der Waals surface area contributed by atoms with Crippen molar-refractivity contribution in [3.8, 4) is 0 Å². The molecule has 2 aromatic rings. The van der Waals surface area contributed by atoms with E-state index in [4.69, 9.17) is 4.74 Å². The van der Waals surface area contributed by atoms with Crippen LogP contribution >= 0.6 is 0 Å². The summed E-state index contributed by atoms with van der Waals surface area (Å²) in [6, 6.07) is 14.0. The average Bonchev–Trinajstić information content (AvgIpc) is 2.60. The topological polar surface area (TPSA) is 59.5 Å². The van der Waals surface area contributed by atoms with Crippen LogP contribution < -0.4 is 0 Å². The average molecular weight is 312 g/mol. The van der Waals surface area contributed by atoms with E-state index in [1.807, 2.05) is 30.3 Å². The lowest BCUT2D eigenvalue weighted by molar-refractivity contribution is -0.148. The maximum Gasteiger partial charge on any atom is 0.328 e. The number of rotatable bonds is 6. The Kier molecular flexibility index (Phi) is 5.86. The number of benzene rings is 1. The minimum Gasteiger partial charge on any atom is -0.464 e. The van der Waals surface area contributed by atoms with Gasteiger partial charge in [0, 0.05) is 12.7 Å². The zero-order valence-electron chi connectivity index (χ0n) is 13.3. The normalized spacial score (nSPS) is 11.6. The van der Waals surface area contributed by atoms with E-state index in [0.717, 1.165) is 5.56 Å². The number of pyridine rings is 1. The summed E-state index contributed by atoms with van der Waals surface area (Å²) in [6.45, 7) is 4.00. The molecule has 0 aliphatic rings. The number of carbonyl (C=O) groups excluding carboxylic acids is 2. The largest absolute Gasteiger partial charge is 0.464 e. The van der Waals surface area contributed by atoms with Gasteiger partial charge in [0.25, 0.3) is 5.91 Å². The number of carbonyl (C=O) groups is 2. The predicted octanol–water partition coefficient (Wildman–Crippen LogP) is 2.68. The minimum atomic E-state index is -0.690. The van der Waals surface area contributed by atoms with Crippen LogP contribution in [-0.2, 0) is 16.1 Å². The molecule has 2 rings (SSSR count). The van der Waals surface area contributed by atoms with Crippen LogP contribution in [0, 0.1) is 0 Å². The van der Waals surface area contributed by atoms with Crippen LogP contribution in [0.4, 0.5) is 0 Å². The summed E-state index contributed by atoms with van der Waals surface area (Å²) in [4.78, 5) is 30.4. The molecule has 1 unspecified atom stereocenters. The Labute approximate surface area is 135 Å². The van der Waals surface area contributed by atoms with Gasteiger partial charge in [-0.25, -0.2) is 4.79 Å². The third-order valence-electron chi connectivity index (χ3n) is 3.44. The van der Waals surface area contributed by atoms with Crippen molar-refractivity contribution in [2.24, 2.45) is 0 Å². The third-order valence-corrected chi connectivity index (χ3v) is 3.44. The zero-order chi connectivity index (χ0) is 16.7. The number of nitrogens with zero attached hydrogens (tertiary/aromatic N) is 2. The zero-order valence-corrected chi connectivity index (χ0v) is 13.3. The summed E-state index contributed by atoms with van der Waals surface area (Å²) in [5.41, 5.74) is 1.24. The summed E-state index contributed by atoms with van der Waals surface area (Å²) in [6.07, 6.45) is 1.56. The van der Waals surface area contributed by atoms with E-state index in [-0.39, 0.29) is 12.5 Å². The minimum absolute atomic E-state index is 0.278. The van der Waals surface area contributed by atoms with Crippen LogP contribution in [-0.4, -0.2) is 34.4 Å². The van der Waals surface area contributed by atoms with E-state index >= 15 is 0 Å². The Morgan fingerprint density at radius 2 is 1.83 bits per heavy atom. The Morgan fingerprint density at radius 1 is 1.13 bits per heavy atom. The van der Waals surface area contributed by atoms with Crippen LogP contribution in [0.5, 0.6) is 0 Å². The van der Waals surface area contributed by atoms with Gasteiger partial charge in [-0.3, -0.25) is 9.78 Å². The van der Waals surface area contributed by atoms with Gasteiger partial charge in [-0.2, -0.15) is 0 Å². The second kappa shape index (κ2) is 8.08. The standard InChI is InChI=1S/C18H20N2O3/c1-3-23-18(22)14(2)20(13-15-9-5-4-6-10-15)17(21)16-11-7-8-12-19-16/h4-12,14H,3,13H2,1-2H3. The lowest BCUT2D eigenvalue weighted by Crippen LogP contribution is -2.43. The highest BCUT2D eigenvalue weighted by atomic mass is 16.5. The Bertz CT molecular complexity index is 644. The molecule has 1 heterocycles. The molecule has 23 heavy (non-hydrogen) atoms. The lowest BCUT2D eigenvalue weighted by Gasteiger charge is -2.27. The van der Waals surface area contributed by atoms with E-state index in [0.29, 0.717) is 12.2 Å². The molecular formula is C18H20N2O3. The SMILES string of the molecule is CCOC(=O)C(C)N(Cc1ccccc1)C(=O)c1ccccn1. The fourth-order valence-corrected chi connectivity index (χ4v) is 2.19. The van der Waals surface area contributed by atoms with Crippen molar-refractivity contribution in [2.75, 3.05) is 6.61 Å². The molecule has 0 saturated heterocycles. The van der Waals surface area contributed by atoms with E-state index in [2.05, 4.69) is 4.98 Å². The molecule has 0 aliphatic heterocycles. The monoisotopic (exact) mass is 312 g/mol. The highest BCUT2D eigenvalue weighted by molar-refractivity contribution is 5.95. The van der Waals surface area contributed by atoms with Crippen LogP contribution in [0.2, 0.25) is 0 Å². The van der Waals surface area contributed by atoms with Gasteiger partial charge in [-0.1, -0.05) is 36.4 Å². The first-order valence-electron chi connectivity index (χ1n) is 7.56. The van der Waals surface area contributed by atoms with Crippen molar-refractivity contribution < 1.29 is 14.3 Å². The van der Waals surface area contributed by atoms with Gasteiger partial charge in [0.1, 0.15) is 11.7 Å². The van der Waals surface area contributed by atoms with Gasteiger partial charge < -0.3 is 9.64 Å². The van der Waals surface area contributed by atoms with Crippen LogP contribution in [0.3, 0.4) is 0 Å². The molecule has 0 saturated carbocycles. The Hall–Kier alpha value is -2.69. The number of hydrogen-bond acceptors (Lipinski definition) is 4. The molecule has 1 atom stereocenters. The molecule has 0 spiro atoms. The number of aromatic nitrogens is 1. The highest BCUT2D eigenvalue weighted by Crippen LogP contribution is 2.13. The summed E-state index contributed by atoms with van der Waals surface area (Å²) in [5.74, 6) is -0.720. The van der Waals surface area contributed by atoms with Crippen LogP contribution in [0.15, 0.2) is 54.7 Å². The predicted molar refractivity (Wildman–Crippen MR) is 86.6 cm³/mol. The second-order valence-corrected chi connectivity index (χ2v) is 5.06. The van der Waals surface area contributed by atoms with E-state index in [1.165, 1.54) is 4.90 Å². The summed E-state index contributed by atoms with van der Waals surface area (Å²) >= 11 is 0. The number of hydrogen-bond donors (Lipinski definition) is 0. The number of amides is 1. The molecule has 0 bridgehead atoms. The van der Waals surface area contributed by atoms with Crippen molar-refractivity contribution in [3.05, 3.63) is 66.0 Å². The molecule has 1 aromatic carbocycles. The quantitative estimate of drug-likeness (QED) is 0.770. The van der Waals surface area contributed by atoms with Crippen LogP contribution in [0.25, 0.3) is 0 Å². The molecule has 1 aromatic heterocycles. The van der Waals surface area contributed by atoms with Gasteiger partial charge in [0.15, 0.2) is 0 Å². The lowest BCUT2D eigenvalue weighted by atomic mass is 10.1. The van der Waals surface area contributed by atoms with Crippen molar-refractivity contribution >= 4 is 11.9 Å². The number of esters is 1. The van der Waals surface area contributed by atoms with Gasteiger partial charge >= 0.3 is 5.97 Å². The smallest absolute Gasteiger partial charge is 0.328 e. The molecule has 5 heteroatoms. The molecule has 0 radical (unpaired) electrons. The molecule has 0 fully saturated rings. The molecule has 120 valence electrons. The molecule has 0 N–H and O–H groups in total. The van der Waals surface area contributed by atoms with Gasteiger partial charge in [-0.15, -0.1) is 0 Å². The molecular weight excluding hydrogens is 292 g/mol. The van der Waals surface area contributed by atoms with E-state index < -0.39 is 12.0 Å².